The summed E-state index contributed by atoms with van der Waals surface area (Å²) in [5, 5.41) is 2.88. The molecule has 1 aromatic carbocycles. The minimum Gasteiger partial charge on any atom is -0.376 e. The molecule has 1 N–H and O–H groups in total. The molecule has 0 bridgehead atoms. The first-order valence-corrected chi connectivity index (χ1v) is 5.93. The molecule has 0 aliphatic carbocycles. The van der Waals surface area contributed by atoms with E-state index in [-0.39, 0.29) is 12.0 Å². The molecule has 1 unspecified atom stereocenters. The van der Waals surface area contributed by atoms with E-state index in [1.807, 2.05) is 37.3 Å². The van der Waals surface area contributed by atoms with Crippen LogP contribution in [-0.2, 0) is 9.53 Å². The van der Waals surface area contributed by atoms with E-state index in [0.717, 1.165) is 18.8 Å². The maximum absolute atomic E-state index is 11.8. The van der Waals surface area contributed by atoms with E-state index in [2.05, 4.69) is 10.2 Å². The molecule has 4 nitrogen and oxygen atoms in total. The molecule has 4 heteroatoms. The Morgan fingerprint density at radius 1 is 1.47 bits per heavy atom. The van der Waals surface area contributed by atoms with E-state index in [1.54, 1.807) is 0 Å². The van der Waals surface area contributed by atoms with Gasteiger partial charge in [-0.3, -0.25) is 9.69 Å². The van der Waals surface area contributed by atoms with Gasteiger partial charge in [-0.15, -0.1) is 0 Å². The predicted molar refractivity (Wildman–Crippen MR) is 66.9 cm³/mol. The summed E-state index contributed by atoms with van der Waals surface area (Å²) in [6.07, 6.45) is 0.216. The maximum Gasteiger partial charge on any atom is 0.238 e. The van der Waals surface area contributed by atoms with Crippen LogP contribution in [0.2, 0.25) is 0 Å². The van der Waals surface area contributed by atoms with E-state index in [1.165, 1.54) is 0 Å². The Hall–Kier alpha value is -1.39. The number of nitrogens with one attached hydrogen (secondary N) is 1. The molecule has 1 amide bonds. The van der Waals surface area contributed by atoms with Crippen LogP contribution in [-0.4, -0.2) is 43.2 Å². The number of hydrogen-bond acceptors (Lipinski definition) is 3. The highest BCUT2D eigenvalue weighted by Crippen LogP contribution is 2.07. The van der Waals surface area contributed by atoms with Crippen molar-refractivity contribution in [2.24, 2.45) is 0 Å². The standard InChI is InChI=1S/C13H18N2O2/c1-11-9-15(7-8-17-11)10-13(16)14-12-5-3-2-4-6-12/h2-6,11H,7-10H2,1H3,(H,14,16). The Labute approximate surface area is 102 Å². The molecule has 1 aliphatic heterocycles. The van der Waals surface area contributed by atoms with Gasteiger partial charge in [0.2, 0.25) is 5.91 Å². The zero-order valence-corrected chi connectivity index (χ0v) is 10.1. The number of morpholine rings is 1. The van der Waals surface area contributed by atoms with Crippen LogP contribution in [0.15, 0.2) is 30.3 Å². The summed E-state index contributed by atoms with van der Waals surface area (Å²) in [5.74, 6) is 0.0327. The van der Waals surface area contributed by atoms with Crippen LogP contribution < -0.4 is 5.32 Å². The second-order valence-electron chi connectivity index (χ2n) is 4.33. The van der Waals surface area contributed by atoms with Gasteiger partial charge in [-0.1, -0.05) is 18.2 Å². The van der Waals surface area contributed by atoms with E-state index < -0.39 is 0 Å². The van der Waals surface area contributed by atoms with Crippen molar-refractivity contribution in [1.29, 1.82) is 0 Å². The first kappa shape index (κ1) is 12.1. The molecule has 1 saturated heterocycles. The normalized spacial score (nSPS) is 21.1. The predicted octanol–water partition coefficient (Wildman–Crippen LogP) is 1.35. The summed E-state index contributed by atoms with van der Waals surface area (Å²) < 4.78 is 5.43. The van der Waals surface area contributed by atoms with Crippen molar-refractivity contribution in [1.82, 2.24) is 4.90 Å². The third kappa shape index (κ3) is 3.84. The lowest BCUT2D eigenvalue weighted by atomic mass is 10.3. The number of carbonyl (C=O) groups is 1. The minimum absolute atomic E-state index is 0.0327. The van der Waals surface area contributed by atoms with Crippen molar-refractivity contribution in [2.75, 3.05) is 31.6 Å². The topological polar surface area (TPSA) is 41.6 Å². The zero-order valence-electron chi connectivity index (χ0n) is 10.1. The van der Waals surface area contributed by atoms with Gasteiger partial charge in [-0.2, -0.15) is 0 Å². The quantitative estimate of drug-likeness (QED) is 0.858. The molecule has 2 rings (SSSR count). The molecular formula is C13H18N2O2. The second kappa shape index (κ2) is 5.80. The molecule has 1 heterocycles. The number of rotatable bonds is 3. The van der Waals surface area contributed by atoms with Crippen LogP contribution >= 0.6 is 0 Å². The summed E-state index contributed by atoms with van der Waals surface area (Å²) in [4.78, 5) is 13.9. The Balaban J connectivity index is 1.81. The number of anilines is 1. The monoisotopic (exact) mass is 234 g/mol. The molecule has 0 spiro atoms. The van der Waals surface area contributed by atoms with Crippen molar-refractivity contribution in [3.8, 4) is 0 Å². The Bertz CT molecular complexity index is 367. The summed E-state index contributed by atoms with van der Waals surface area (Å²) in [6, 6.07) is 9.53. The molecule has 1 aliphatic rings. The fraction of sp³-hybridized carbons (Fsp3) is 0.462. The molecular weight excluding hydrogens is 216 g/mol. The number of ether oxygens (including phenoxy) is 1. The van der Waals surface area contributed by atoms with E-state index >= 15 is 0 Å². The van der Waals surface area contributed by atoms with Crippen molar-refractivity contribution in [3.63, 3.8) is 0 Å². The van der Waals surface area contributed by atoms with Gasteiger partial charge >= 0.3 is 0 Å². The van der Waals surface area contributed by atoms with Crippen molar-refractivity contribution in [2.45, 2.75) is 13.0 Å². The SMILES string of the molecule is CC1CN(CC(=O)Nc2ccccc2)CCO1. The van der Waals surface area contributed by atoms with Gasteiger partial charge in [0.25, 0.3) is 0 Å². The van der Waals surface area contributed by atoms with Gasteiger partial charge < -0.3 is 10.1 Å². The first-order valence-electron chi connectivity index (χ1n) is 5.93. The minimum atomic E-state index is 0.0327. The van der Waals surface area contributed by atoms with Crippen LogP contribution in [0, 0.1) is 0 Å². The number of para-hydroxylation sites is 1. The fourth-order valence-corrected chi connectivity index (χ4v) is 1.96. The van der Waals surface area contributed by atoms with Crippen LogP contribution in [0.3, 0.4) is 0 Å². The Morgan fingerprint density at radius 2 is 2.24 bits per heavy atom. The van der Waals surface area contributed by atoms with E-state index in [0.29, 0.717) is 13.2 Å². The van der Waals surface area contributed by atoms with Crippen LogP contribution in [0.25, 0.3) is 0 Å². The number of benzene rings is 1. The highest BCUT2D eigenvalue weighted by molar-refractivity contribution is 5.92. The third-order valence-corrected chi connectivity index (χ3v) is 2.75. The molecule has 1 atom stereocenters. The van der Waals surface area contributed by atoms with Crippen LogP contribution in [0.1, 0.15) is 6.92 Å². The van der Waals surface area contributed by atoms with Crippen molar-refractivity contribution < 1.29 is 9.53 Å². The Kier molecular flexibility index (Phi) is 4.12. The fourth-order valence-electron chi connectivity index (χ4n) is 1.96. The van der Waals surface area contributed by atoms with Crippen LogP contribution in [0.4, 0.5) is 5.69 Å². The maximum atomic E-state index is 11.8. The second-order valence-corrected chi connectivity index (χ2v) is 4.33. The average Bonchev–Trinajstić information content (AvgIpc) is 2.30. The van der Waals surface area contributed by atoms with Gasteiger partial charge in [0.1, 0.15) is 0 Å². The molecule has 92 valence electrons. The van der Waals surface area contributed by atoms with Gasteiger partial charge in [-0.05, 0) is 19.1 Å². The molecule has 1 aromatic rings. The van der Waals surface area contributed by atoms with Crippen molar-refractivity contribution in [3.05, 3.63) is 30.3 Å². The molecule has 1 fully saturated rings. The zero-order chi connectivity index (χ0) is 12.1. The summed E-state index contributed by atoms with van der Waals surface area (Å²) >= 11 is 0. The van der Waals surface area contributed by atoms with Crippen LogP contribution in [0.5, 0.6) is 0 Å². The number of carbonyl (C=O) groups excluding carboxylic acids is 1. The number of nitrogens with zero attached hydrogens (tertiary/aromatic N) is 1. The van der Waals surface area contributed by atoms with Gasteiger partial charge in [0, 0.05) is 18.8 Å². The van der Waals surface area contributed by atoms with Gasteiger partial charge in [0.05, 0.1) is 19.3 Å². The van der Waals surface area contributed by atoms with E-state index in [9.17, 15) is 4.79 Å². The molecule has 17 heavy (non-hydrogen) atoms. The smallest absolute Gasteiger partial charge is 0.238 e. The van der Waals surface area contributed by atoms with Gasteiger partial charge in [0.15, 0.2) is 0 Å². The summed E-state index contributed by atoms with van der Waals surface area (Å²) in [6.45, 7) is 4.82. The van der Waals surface area contributed by atoms with E-state index in [4.69, 9.17) is 4.74 Å². The molecule has 0 aromatic heterocycles. The van der Waals surface area contributed by atoms with Gasteiger partial charge in [-0.25, -0.2) is 0 Å². The lowest BCUT2D eigenvalue weighted by molar-refractivity contribution is -0.119. The number of amides is 1. The average molecular weight is 234 g/mol. The summed E-state index contributed by atoms with van der Waals surface area (Å²) in [5.41, 5.74) is 0.846. The highest BCUT2D eigenvalue weighted by atomic mass is 16.5. The molecule has 0 saturated carbocycles. The highest BCUT2D eigenvalue weighted by Gasteiger charge is 2.18. The Morgan fingerprint density at radius 3 is 2.94 bits per heavy atom. The van der Waals surface area contributed by atoms with Crippen molar-refractivity contribution >= 4 is 11.6 Å². The first-order chi connectivity index (χ1) is 8.24. The number of hydrogen-bond donors (Lipinski definition) is 1. The lowest BCUT2D eigenvalue weighted by Crippen LogP contribution is -2.44. The molecule has 0 radical (unpaired) electrons. The lowest BCUT2D eigenvalue weighted by Gasteiger charge is -2.30. The largest absolute Gasteiger partial charge is 0.376 e. The third-order valence-electron chi connectivity index (χ3n) is 2.75. The summed E-state index contributed by atoms with van der Waals surface area (Å²) in [7, 11) is 0.